The number of ketones is 1. The Kier molecular flexibility index (Phi) is 5.49. The number of nitrogens with one attached hydrogen (secondary N) is 3. The molecule has 0 radical (unpaired) electrons. The highest BCUT2D eigenvalue weighted by atomic mass is 35.5. The van der Waals surface area contributed by atoms with Gasteiger partial charge in [-0.05, 0) is 61.9 Å². The van der Waals surface area contributed by atoms with Gasteiger partial charge in [0.15, 0.2) is 5.78 Å². The maximum absolute atomic E-state index is 12.8. The molecule has 0 aromatic heterocycles. The standard InChI is InChI=1S/C22H24ClN3O2/c1-13(27)14-4-3-7-18(11-14)24-22(28)16-8-9-19-20(12-16)25-26-21(19)15-5-2-6-17(23)10-15/h2-7,10-11,16,19-21,25-26H,8-9,12H2,1H3,(H,24,28). The van der Waals surface area contributed by atoms with E-state index in [4.69, 9.17) is 11.6 Å². The summed E-state index contributed by atoms with van der Waals surface area (Å²) in [4.78, 5) is 24.3. The molecule has 2 aromatic rings. The number of rotatable bonds is 4. The molecule has 2 fully saturated rings. The highest BCUT2D eigenvalue weighted by Crippen LogP contribution is 2.40. The summed E-state index contributed by atoms with van der Waals surface area (Å²) in [6.45, 7) is 1.53. The van der Waals surface area contributed by atoms with Crippen molar-refractivity contribution < 1.29 is 9.59 Å². The number of Topliss-reactive ketones (excluding diaryl/α,β-unsaturated/α-hetero) is 1. The molecule has 1 saturated heterocycles. The fraction of sp³-hybridized carbons (Fsp3) is 0.364. The molecule has 5 nitrogen and oxygen atoms in total. The molecule has 1 heterocycles. The van der Waals surface area contributed by atoms with Crippen LogP contribution in [0.2, 0.25) is 5.02 Å². The van der Waals surface area contributed by atoms with Crippen LogP contribution in [-0.4, -0.2) is 17.7 Å². The van der Waals surface area contributed by atoms with Crippen LogP contribution in [0.25, 0.3) is 0 Å². The Labute approximate surface area is 169 Å². The largest absolute Gasteiger partial charge is 0.326 e. The van der Waals surface area contributed by atoms with Gasteiger partial charge in [0.25, 0.3) is 0 Å². The summed E-state index contributed by atoms with van der Waals surface area (Å²) in [5.74, 6) is 0.398. The van der Waals surface area contributed by atoms with Crippen LogP contribution in [-0.2, 0) is 4.79 Å². The van der Waals surface area contributed by atoms with Crippen molar-refractivity contribution in [2.75, 3.05) is 5.32 Å². The van der Waals surface area contributed by atoms with Gasteiger partial charge in [-0.2, -0.15) is 0 Å². The maximum atomic E-state index is 12.8. The van der Waals surface area contributed by atoms with Crippen LogP contribution in [0.3, 0.4) is 0 Å². The quantitative estimate of drug-likeness (QED) is 0.679. The summed E-state index contributed by atoms with van der Waals surface area (Å²) in [6.07, 6.45) is 2.60. The van der Waals surface area contributed by atoms with Gasteiger partial charge in [0.1, 0.15) is 0 Å². The van der Waals surface area contributed by atoms with Crippen molar-refractivity contribution in [1.29, 1.82) is 0 Å². The van der Waals surface area contributed by atoms with E-state index in [1.807, 2.05) is 24.3 Å². The average Bonchev–Trinajstić information content (AvgIpc) is 3.11. The zero-order chi connectivity index (χ0) is 19.7. The molecule has 4 rings (SSSR count). The first-order chi connectivity index (χ1) is 13.5. The fourth-order valence-corrected chi connectivity index (χ4v) is 4.59. The lowest BCUT2D eigenvalue weighted by atomic mass is 9.74. The Hall–Kier alpha value is -2.21. The van der Waals surface area contributed by atoms with Crippen LogP contribution in [0, 0.1) is 11.8 Å². The molecule has 0 bridgehead atoms. The number of hydrazine groups is 1. The van der Waals surface area contributed by atoms with Crippen molar-refractivity contribution in [3.63, 3.8) is 0 Å². The molecule has 6 heteroatoms. The monoisotopic (exact) mass is 397 g/mol. The third-order valence-corrected chi connectivity index (χ3v) is 6.11. The van der Waals surface area contributed by atoms with E-state index in [9.17, 15) is 9.59 Å². The molecule has 1 amide bonds. The van der Waals surface area contributed by atoms with E-state index in [1.54, 1.807) is 18.2 Å². The molecule has 3 N–H and O–H groups in total. The Morgan fingerprint density at radius 1 is 1.07 bits per heavy atom. The van der Waals surface area contributed by atoms with Gasteiger partial charge in [0.2, 0.25) is 5.91 Å². The van der Waals surface area contributed by atoms with Crippen molar-refractivity contribution in [3.05, 3.63) is 64.7 Å². The second-order valence-corrected chi connectivity index (χ2v) is 8.16. The highest BCUT2D eigenvalue weighted by Gasteiger charge is 2.42. The Bertz CT molecular complexity index is 901. The van der Waals surface area contributed by atoms with Crippen LogP contribution in [0.5, 0.6) is 0 Å². The number of fused-ring (bicyclic) bond motifs is 1. The summed E-state index contributed by atoms with van der Waals surface area (Å²) in [5, 5.41) is 3.72. The van der Waals surface area contributed by atoms with E-state index >= 15 is 0 Å². The second kappa shape index (κ2) is 8.03. The number of carbonyl (C=O) groups excluding carboxylic acids is 2. The maximum Gasteiger partial charge on any atom is 0.227 e. The van der Waals surface area contributed by atoms with E-state index in [0.717, 1.165) is 24.3 Å². The van der Waals surface area contributed by atoms with Gasteiger partial charge in [-0.15, -0.1) is 0 Å². The van der Waals surface area contributed by atoms with Crippen molar-refractivity contribution in [2.45, 2.75) is 38.3 Å². The number of carbonyl (C=O) groups is 2. The smallest absolute Gasteiger partial charge is 0.227 e. The summed E-state index contributed by atoms with van der Waals surface area (Å²) in [7, 11) is 0. The molecule has 1 saturated carbocycles. The van der Waals surface area contributed by atoms with Gasteiger partial charge in [-0.1, -0.05) is 35.9 Å². The van der Waals surface area contributed by atoms with Gasteiger partial charge < -0.3 is 5.32 Å². The second-order valence-electron chi connectivity index (χ2n) is 7.73. The zero-order valence-corrected chi connectivity index (χ0v) is 16.5. The van der Waals surface area contributed by atoms with Crippen molar-refractivity contribution in [3.8, 4) is 0 Å². The molecule has 4 atom stereocenters. The van der Waals surface area contributed by atoms with E-state index in [-0.39, 0.29) is 29.7 Å². The molecule has 4 unspecified atom stereocenters. The van der Waals surface area contributed by atoms with Crippen molar-refractivity contribution in [1.82, 2.24) is 10.9 Å². The van der Waals surface area contributed by atoms with Gasteiger partial charge in [0.05, 0.1) is 6.04 Å². The molecular weight excluding hydrogens is 374 g/mol. The van der Waals surface area contributed by atoms with Crippen molar-refractivity contribution in [2.24, 2.45) is 11.8 Å². The first-order valence-corrected chi connectivity index (χ1v) is 10.1. The predicted octanol–water partition coefficient (Wildman–Crippen LogP) is 4.12. The lowest BCUT2D eigenvalue weighted by Gasteiger charge is -2.32. The van der Waals surface area contributed by atoms with Crippen molar-refractivity contribution >= 4 is 29.0 Å². The van der Waals surface area contributed by atoms with E-state index in [1.165, 1.54) is 12.5 Å². The third-order valence-electron chi connectivity index (χ3n) is 5.87. The predicted molar refractivity (Wildman–Crippen MR) is 110 cm³/mol. The Morgan fingerprint density at radius 3 is 2.68 bits per heavy atom. The number of halogens is 1. The van der Waals surface area contributed by atoms with Gasteiger partial charge in [-0.25, -0.2) is 5.43 Å². The molecule has 146 valence electrons. The molecule has 2 aromatic carbocycles. The van der Waals surface area contributed by atoms with Gasteiger partial charge in [-0.3, -0.25) is 15.0 Å². The number of hydrogen-bond donors (Lipinski definition) is 3. The number of anilines is 1. The van der Waals surface area contributed by atoms with Crippen LogP contribution in [0.1, 0.15) is 48.1 Å². The molecule has 2 aliphatic rings. The first-order valence-electron chi connectivity index (χ1n) is 9.69. The van der Waals surface area contributed by atoms with E-state index in [0.29, 0.717) is 17.2 Å². The molecule has 1 aliphatic carbocycles. The molecule has 0 spiro atoms. The minimum atomic E-state index is -0.0466. The summed E-state index contributed by atoms with van der Waals surface area (Å²) >= 11 is 6.15. The third kappa shape index (κ3) is 3.97. The summed E-state index contributed by atoms with van der Waals surface area (Å²) in [6, 6.07) is 15.5. The molecule has 1 aliphatic heterocycles. The molecular formula is C22H24ClN3O2. The fourth-order valence-electron chi connectivity index (χ4n) is 4.39. The topological polar surface area (TPSA) is 70.2 Å². The van der Waals surface area contributed by atoms with Crippen LogP contribution in [0.15, 0.2) is 48.5 Å². The number of benzene rings is 2. The lowest BCUT2D eigenvalue weighted by molar-refractivity contribution is -0.121. The van der Waals surface area contributed by atoms with E-state index in [2.05, 4.69) is 22.2 Å². The average molecular weight is 398 g/mol. The van der Waals surface area contributed by atoms with E-state index < -0.39 is 0 Å². The number of amides is 1. The number of hydrogen-bond acceptors (Lipinski definition) is 4. The van der Waals surface area contributed by atoms with Crippen LogP contribution < -0.4 is 16.2 Å². The Balaban J connectivity index is 1.40. The van der Waals surface area contributed by atoms with Gasteiger partial charge >= 0.3 is 0 Å². The van der Waals surface area contributed by atoms with Crippen LogP contribution >= 0.6 is 11.6 Å². The molecule has 28 heavy (non-hydrogen) atoms. The van der Waals surface area contributed by atoms with Crippen LogP contribution in [0.4, 0.5) is 5.69 Å². The zero-order valence-electron chi connectivity index (χ0n) is 15.7. The summed E-state index contributed by atoms with van der Waals surface area (Å²) in [5.41, 5.74) is 9.23. The van der Waals surface area contributed by atoms with Gasteiger partial charge in [0, 0.05) is 28.2 Å². The lowest BCUT2D eigenvalue weighted by Crippen LogP contribution is -2.39. The highest BCUT2D eigenvalue weighted by molar-refractivity contribution is 6.30. The minimum absolute atomic E-state index is 0.00936. The SMILES string of the molecule is CC(=O)c1cccc(NC(=O)C2CCC3C(C2)NNC3c2cccc(Cl)c2)c1. The minimum Gasteiger partial charge on any atom is -0.326 e. The summed E-state index contributed by atoms with van der Waals surface area (Å²) < 4.78 is 0. The normalized spacial score (nSPS) is 26.5. The first kappa shape index (κ1) is 19.1. The Morgan fingerprint density at radius 2 is 1.89 bits per heavy atom.